The normalized spacial score (nSPS) is 11.2. The zero-order valence-corrected chi connectivity index (χ0v) is 12.3. The molecule has 0 atom stereocenters. The van der Waals surface area contributed by atoms with Gasteiger partial charge in [0.05, 0.1) is 5.69 Å². The first-order valence-corrected chi connectivity index (χ1v) is 7.04. The highest BCUT2D eigenvalue weighted by Gasteiger charge is 2.13. The molecule has 0 aliphatic carbocycles. The maximum atomic E-state index is 5.99. The van der Waals surface area contributed by atoms with E-state index in [2.05, 4.69) is 28.2 Å². The molecule has 108 valence electrons. The van der Waals surface area contributed by atoms with Crippen LogP contribution in [0.15, 0.2) is 53.5 Å². The lowest BCUT2D eigenvalue weighted by molar-refractivity contribution is 0.617. The highest BCUT2D eigenvalue weighted by molar-refractivity contribution is 5.82. The van der Waals surface area contributed by atoms with Crippen LogP contribution in [-0.2, 0) is 0 Å². The molecule has 0 saturated heterocycles. The molecule has 5 heteroatoms. The molecule has 0 radical (unpaired) electrons. The monoisotopic (exact) mass is 290 g/mol. The third kappa shape index (κ3) is 1.98. The molecule has 0 bridgehead atoms. The molecule has 2 heterocycles. The number of aromatic nitrogens is 4. The summed E-state index contributed by atoms with van der Waals surface area (Å²) in [5.74, 6) is 0.650. The van der Waals surface area contributed by atoms with Crippen LogP contribution in [0.1, 0.15) is 11.1 Å². The van der Waals surface area contributed by atoms with Gasteiger partial charge in [-0.3, -0.25) is 4.57 Å². The van der Waals surface area contributed by atoms with Crippen molar-refractivity contribution in [3.63, 3.8) is 0 Å². The molecule has 22 heavy (non-hydrogen) atoms. The first-order valence-electron chi connectivity index (χ1n) is 7.04. The van der Waals surface area contributed by atoms with Crippen molar-refractivity contribution >= 4 is 11.1 Å². The third-order valence-electron chi connectivity index (χ3n) is 3.75. The van der Waals surface area contributed by atoms with E-state index in [0.29, 0.717) is 5.89 Å². The second-order valence-electron chi connectivity index (χ2n) is 5.31. The minimum absolute atomic E-state index is 0.650. The molecule has 2 aromatic carbocycles. The van der Waals surface area contributed by atoms with E-state index in [-0.39, 0.29) is 0 Å². The first-order chi connectivity index (χ1) is 10.7. The van der Waals surface area contributed by atoms with Gasteiger partial charge in [-0.05, 0) is 43.2 Å². The van der Waals surface area contributed by atoms with E-state index in [4.69, 9.17) is 4.42 Å². The second kappa shape index (κ2) is 4.80. The molecular weight excluding hydrogens is 276 g/mol. The lowest BCUT2D eigenvalue weighted by Gasteiger charge is -2.02. The number of rotatable bonds is 2. The average molecular weight is 290 g/mol. The predicted octanol–water partition coefficient (Wildman–Crippen LogP) is 3.69. The Morgan fingerprint density at radius 1 is 0.955 bits per heavy atom. The topological polar surface area (TPSA) is 56.7 Å². The summed E-state index contributed by atoms with van der Waals surface area (Å²) in [5.41, 5.74) is 5.82. The fraction of sp³-hybridized carbons (Fsp3) is 0.118. The van der Waals surface area contributed by atoms with Crippen molar-refractivity contribution in [1.29, 1.82) is 0 Å². The summed E-state index contributed by atoms with van der Waals surface area (Å²) in [6, 6.07) is 12.1. The molecule has 0 aliphatic heterocycles. The number of hydrogen-bond acceptors (Lipinski definition) is 4. The summed E-state index contributed by atoms with van der Waals surface area (Å²) in [6.45, 7) is 4.07. The average Bonchev–Trinajstić information content (AvgIpc) is 3.17. The summed E-state index contributed by atoms with van der Waals surface area (Å²) >= 11 is 0. The maximum absolute atomic E-state index is 5.99. The van der Waals surface area contributed by atoms with E-state index in [1.54, 1.807) is 12.7 Å². The Balaban J connectivity index is 1.91. The Morgan fingerprint density at radius 2 is 1.73 bits per heavy atom. The Bertz CT molecular complexity index is 954. The van der Waals surface area contributed by atoms with Crippen molar-refractivity contribution in [1.82, 2.24) is 19.7 Å². The van der Waals surface area contributed by atoms with Gasteiger partial charge in [0, 0.05) is 5.56 Å². The van der Waals surface area contributed by atoms with Crippen LogP contribution in [0.25, 0.3) is 28.2 Å². The fourth-order valence-electron chi connectivity index (χ4n) is 2.59. The van der Waals surface area contributed by atoms with Gasteiger partial charge < -0.3 is 4.42 Å². The van der Waals surface area contributed by atoms with Gasteiger partial charge in [0.2, 0.25) is 5.89 Å². The number of nitrogens with zero attached hydrogens (tertiary/aromatic N) is 4. The van der Waals surface area contributed by atoms with Crippen molar-refractivity contribution in [3.05, 3.63) is 60.2 Å². The molecule has 0 N–H and O–H groups in total. The van der Waals surface area contributed by atoms with Crippen LogP contribution in [-0.4, -0.2) is 19.7 Å². The predicted molar refractivity (Wildman–Crippen MR) is 83.8 cm³/mol. The smallest absolute Gasteiger partial charge is 0.227 e. The molecule has 4 aromatic rings. The van der Waals surface area contributed by atoms with Crippen LogP contribution in [0.4, 0.5) is 0 Å². The standard InChI is InChI=1S/C17H14N4O/c1-11-5-3-4-6-14(11)17-20-15-8-13(21-9-18-19-10-21)7-12(2)16(15)22-17/h3-10H,1-2H3. The van der Waals surface area contributed by atoms with Crippen molar-refractivity contribution in [3.8, 4) is 17.1 Å². The van der Waals surface area contributed by atoms with Crippen molar-refractivity contribution in [2.45, 2.75) is 13.8 Å². The summed E-state index contributed by atoms with van der Waals surface area (Å²) in [7, 11) is 0. The van der Waals surface area contributed by atoms with Crippen molar-refractivity contribution in [2.24, 2.45) is 0 Å². The number of aryl methyl sites for hydroxylation is 2. The van der Waals surface area contributed by atoms with Crippen LogP contribution < -0.4 is 0 Å². The van der Waals surface area contributed by atoms with Gasteiger partial charge in [-0.25, -0.2) is 4.98 Å². The maximum Gasteiger partial charge on any atom is 0.227 e. The van der Waals surface area contributed by atoms with Crippen LogP contribution in [0.3, 0.4) is 0 Å². The molecular formula is C17H14N4O. The van der Waals surface area contributed by atoms with Gasteiger partial charge in [0.1, 0.15) is 18.2 Å². The zero-order chi connectivity index (χ0) is 15.1. The highest BCUT2D eigenvalue weighted by Crippen LogP contribution is 2.29. The zero-order valence-electron chi connectivity index (χ0n) is 12.3. The van der Waals surface area contributed by atoms with Crippen molar-refractivity contribution < 1.29 is 4.42 Å². The van der Waals surface area contributed by atoms with Crippen LogP contribution >= 0.6 is 0 Å². The van der Waals surface area contributed by atoms with E-state index < -0.39 is 0 Å². The third-order valence-corrected chi connectivity index (χ3v) is 3.75. The molecule has 0 fully saturated rings. The lowest BCUT2D eigenvalue weighted by Crippen LogP contribution is -1.91. The van der Waals surface area contributed by atoms with Crippen LogP contribution in [0.2, 0.25) is 0 Å². The van der Waals surface area contributed by atoms with E-state index in [9.17, 15) is 0 Å². The molecule has 0 aliphatic rings. The first kappa shape index (κ1) is 12.8. The minimum atomic E-state index is 0.650. The van der Waals surface area contributed by atoms with Gasteiger partial charge in [0.15, 0.2) is 5.58 Å². The van der Waals surface area contributed by atoms with Gasteiger partial charge in [-0.15, -0.1) is 10.2 Å². The summed E-state index contributed by atoms with van der Waals surface area (Å²) in [6.07, 6.45) is 3.34. The summed E-state index contributed by atoms with van der Waals surface area (Å²) in [5, 5.41) is 7.68. The molecule has 4 rings (SSSR count). The second-order valence-corrected chi connectivity index (χ2v) is 5.31. The van der Waals surface area contributed by atoms with E-state index in [1.807, 2.05) is 41.8 Å². The van der Waals surface area contributed by atoms with Gasteiger partial charge in [-0.2, -0.15) is 0 Å². The highest BCUT2D eigenvalue weighted by atomic mass is 16.3. The Kier molecular flexibility index (Phi) is 2.79. The van der Waals surface area contributed by atoms with E-state index in [0.717, 1.165) is 33.5 Å². The van der Waals surface area contributed by atoms with Gasteiger partial charge in [-0.1, -0.05) is 18.2 Å². The molecule has 0 amide bonds. The lowest BCUT2D eigenvalue weighted by atomic mass is 10.1. The number of oxazole rings is 1. The summed E-state index contributed by atoms with van der Waals surface area (Å²) < 4.78 is 7.84. The number of fused-ring (bicyclic) bond motifs is 1. The number of hydrogen-bond donors (Lipinski definition) is 0. The SMILES string of the molecule is Cc1ccccc1-c1nc2cc(-n3cnnc3)cc(C)c2o1. The Labute approximate surface area is 127 Å². The van der Waals surface area contributed by atoms with Gasteiger partial charge >= 0.3 is 0 Å². The Hall–Kier alpha value is -2.95. The van der Waals surface area contributed by atoms with E-state index in [1.165, 1.54) is 0 Å². The van der Waals surface area contributed by atoms with E-state index >= 15 is 0 Å². The quantitative estimate of drug-likeness (QED) is 0.565. The molecule has 0 saturated carbocycles. The molecule has 2 aromatic heterocycles. The van der Waals surface area contributed by atoms with Gasteiger partial charge in [0.25, 0.3) is 0 Å². The molecule has 5 nitrogen and oxygen atoms in total. The summed E-state index contributed by atoms with van der Waals surface area (Å²) in [4.78, 5) is 4.65. The number of benzene rings is 2. The van der Waals surface area contributed by atoms with Crippen LogP contribution in [0.5, 0.6) is 0 Å². The largest absolute Gasteiger partial charge is 0.436 e. The molecule has 0 spiro atoms. The Morgan fingerprint density at radius 3 is 2.50 bits per heavy atom. The fourth-order valence-corrected chi connectivity index (χ4v) is 2.59. The minimum Gasteiger partial charge on any atom is -0.436 e. The van der Waals surface area contributed by atoms with Crippen molar-refractivity contribution in [2.75, 3.05) is 0 Å². The molecule has 0 unspecified atom stereocenters. The van der Waals surface area contributed by atoms with Crippen LogP contribution in [0, 0.1) is 13.8 Å².